The first-order chi connectivity index (χ1) is 8.61. The molecule has 2 nitrogen and oxygen atoms in total. The number of nitrogens with zero attached hydrogens (tertiary/aromatic N) is 1. The molecule has 0 amide bonds. The summed E-state index contributed by atoms with van der Waals surface area (Å²) in [5.74, 6) is 0. The van der Waals surface area contributed by atoms with Crippen LogP contribution < -0.4 is 5.32 Å². The molecule has 2 aromatic rings. The van der Waals surface area contributed by atoms with E-state index >= 15 is 0 Å². The van der Waals surface area contributed by atoms with Crippen LogP contribution in [-0.4, -0.2) is 0 Å². The van der Waals surface area contributed by atoms with Crippen LogP contribution in [0.15, 0.2) is 40.9 Å². The zero-order chi connectivity index (χ0) is 13.1. The minimum Gasteiger partial charge on any atom is -0.354 e. The maximum Gasteiger partial charge on any atom is 0.101 e. The molecule has 0 bridgehead atoms. The van der Waals surface area contributed by atoms with Crippen LogP contribution in [0.1, 0.15) is 11.1 Å². The molecule has 0 radical (unpaired) electrons. The molecule has 0 aromatic heterocycles. The average molecular weight is 322 g/mol. The van der Waals surface area contributed by atoms with Gasteiger partial charge in [0.25, 0.3) is 0 Å². The van der Waals surface area contributed by atoms with Crippen LogP contribution in [0.5, 0.6) is 0 Å². The van der Waals surface area contributed by atoms with E-state index in [-0.39, 0.29) is 0 Å². The van der Waals surface area contributed by atoms with Crippen molar-refractivity contribution in [3.8, 4) is 6.07 Å². The molecule has 4 heteroatoms. The van der Waals surface area contributed by atoms with Crippen molar-refractivity contribution in [2.24, 2.45) is 0 Å². The van der Waals surface area contributed by atoms with E-state index in [1.807, 2.05) is 25.1 Å². The van der Waals surface area contributed by atoms with E-state index < -0.39 is 0 Å². The Bertz CT molecular complexity index is 632. The Kier molecular flexibility index (Phi) is 3.90. The fourth-order valence-corrected chi connectivity index (χ4v) is 2.14. The number of hydrogen-bond acceptors (Lipinski definition) is 2. The molecule has 0 aliphatic heterocycles. The topological polar surface area (TPSA) is 35.8 Å². The number of nitriles is 1. The van der Waals surface area contributed by atoms with Gasteiger partial charge in [-0.05, 0) is 52.7 Å². The first-order valence-electron chi connectivity index (χ1n) is 5.33. The van der Waals surface area contributed by atoms with Crippen LogP contribution in [0.2, 0.25) is 5.02 Å². The molecule has 0 aliphatic carbocycles. The largest absolute Gasteiger partial charge is 0.354 e. The molecule has 0 heterocycles. The molecule has 0 aliphatic rings. The highest BCUT2D eigenvalue weighted by atomic mass is 79.9. The van der Waals surface area contributed by atoms with Crippen LogP contribution in [0.25, 0.3) is 0 Å². The second kappa shape index (κ2) is 5.43. The van der Waals surface area contributed by atoms with Gasteiger partial charge in [0.05, 0.1) is 16.9 Å². The third-order valence-electron chi connectivity index (χ3n) is 2.56. The van der Waals surface area contributed by atoms with Crippen molar-refractivity contribution < 1.29 is 0 Å². The Balaban J connectivity index is 2.41. The Morgan fingerprint density at radius 2 is 2.00 bits per heavy atom. The molecule has 0 atom stereocenters. The molecule has 0 fully saturated rings. The summed E-state index contributed by atoms with van der Waals surface area (Å²) in [7, 11) is 0. The minimum atomic E-state index is 0.524. The summed E-state index contributed by atoms with van der Waals surface area (Å²) >= 11 is 9.39. The second-order valence-electron chi connectivity index (χ2n) is 3.86. The SMILES string of the molecule is Cc1cccc(Nc2ccc(Cl)cc2C#N)c1Br. The molecule has 2 rings (SSSR count). The minimum absolute atomic E-state index is 0.524. The van der Waals surface area contributed by atoms with Gasteiger partial charge in [0.2, 0.25) is 0 Å². The molecule has 90 valence electrons. The van der Waals surface area contributed by atoms with Gasteiger partial charge in [-0.1, -0.05) is 23.7 Å². The molecule has 0 unspecified atom stereocenters. The van der Waals surface area contributed by atoms with Gasteiger partial charge in [-0.15, -0.1) is 0 Å². The van der Waals surface area contributed by atoms with Crippen LogP contribution >= 0.6 is 27.5 Å². The number of rotatable bonds is 2. The standard InChI is InChI=1S/C14H10BrClN2/c1-9-3-2-4-13(14(9)15)18-12-6-5-11(16)7-10(12)8-17/h2-7,18H,1H3. The number of nitrogens with one attached hydrogen (secondary N) is 1. The summed E-state index contributed by atoms with van der Waals surface area (Å²) < 4.78 is 0.990. The van der Waals surface area contributed by atoms with Crippen molar-refractivity contribution >= 4 is 38.9 Å². The van der Waals surface area contributed by atoms with Crippen LogP contribution in [0, 0.1) is 18.3 Å². The van der Waals surface area contributed by atoms with Crippen molar-refractivity contribution in [2.45, 2.75) is 6.92 Å². The maximum absolute atomic E-state index is 9.08. The van der Waals surface area contributed by atoms with Gasteiger partial charge in [-0.25, -0.2) is 0 Å². The molecule has 0 saturated heterocycles. The molecule has 2 aromatic carbocycles. The van der Waals surface area contributed by atoms with Crippen LogP contribution in [0.4, 0.5) is 11.4 Å². The molecule has 18 heavy (non-hydrogen) atoms. The van der Waals surface area contributed by atoms with Crippen molar-refractivity contribution in [1.29, 1.82) is 5.26 Å². The normalized spacial score (nSPS) is 9.89. The highest BCUT2D eigenvalue weighted by molar-refractivity contribution is 9.10. The average Bonchev–Trinajstić information content (AvgIpc) is 2.37. The van der Waals surface area contributed by atoms with Gasteiger partial charge < -0.3 is 5.32 Å². The van der Waals surface area contributed by atoms with Crippen LogP contribution in [-0.2, 0) is 0 Å². The summed E-state index contributed by atoms with van der Waals surface area (Å²) in [4.78, 5) is 0. The number of benzene rings is 2. The van der Waals surface area contributed by atoms with Crippen LogP contribution in [0.3, 0.4) is 0 Å². The van der Waals surface area contributed by atoms with Gasteiger partial charge in [0.1, 0.15) is 6.07 Å². The predicted molar refractivity (Wildman–Crippen MR) is 78.3 cm³/mol. The lowest BCUT2D eigenvalue weighted by Gasteiger charge is -2.11. The first kappa shape index (κ1) is 12.9. The molecule has 0 saturated carbocycles. The number of hydrogen-bond donors (Lipinski definition) is 1. The summed E-state index contributed by atoms with van der Waals surface area (Å²) in [6.07, 6.45) is 0. The Labute approximate surface area is 119 Å². The van der Waals surface area contributed by atoms with Crippen molar-refractivity contribution in [1.82, 2.24) is 0 Å². The van der Waals surface area contributed by atoms with E-state index in [1.165, 1.54) is 0 Å². The van der Waals surface area contributed by atoms with Crippen molar-refractivity contribution in [3.05, 3.63) is 57.0 Å². The predicted octanol–water partition coefficient (Wildman–Crippen LogP) is 5.03. The van der Waals surface area contributed by atoms with Crippen molar-refractivity contribution in [2.75, 3.05) is 5.32 Å². The zero-order valence-electron chi connectivity index (χ0n) is 9.67. The summed E-state index contributed by atoms with van der Waals surface area (Å²) in [5, 5.41) is 12.9. The number of anilines is 2. The fraction of sp³-hybridized carbons (Fsp3) is 0.0714. The lowest BCUT2D eigenvalue weighted by Crippen LogP contribution is -1.95. The van der Waals surface area contributed by atoms with Gasteiger partial charge >= 0.3 is 0 Å². The van der Waals surface area contributed by atoms with Gasteiger partial charge in [0.15, 0.2) is 0 Å². The third-order valence-corrected chi connectivity index (χ3v) is 3.85. The smallest absolute Gasteiger partial charge is 0.101 e. The van der Waals surface area contributed by atoms with E-state index in [0.29, 0.717) is 10.6 Å². The summed E-state index contributed by atoms with van der Waals surface area (Å²) in [6, 6.07) is 13.3. The van der Waals surface area contributed by atoms with Gasteiger partial charge in [-0.2, -0.15) is 5.26 Å². The lowest BCUT2D eigenvalue weighted by molar-refractivity contribution is 1.40. The summed E-state index contributed by atoms with van der Waals surface area (Å²) in [6.45, 7) is 2.02. The highest BCUT2D eigenvalue weighted by Crippen LogP contribution is 2.30. The zero-order valence-corrected chi connectivity index (χ0v) is 12.0. The Morgan fingerprint density at radius 3 is 2.72 bits per heavy atom. The molecule has 0 spiro atoms. The molecular formula is C14H10BrClN2. The van der Waals surface area contributed by atoms with E-state index in [1.54, 1.807) is 18.2 Å². The lowest BCUT2D eigenvalue weighted by atomic mass is 10.1. The quantitative estimate of drug-likeness (QED) is 0.842. The number of aryl methyl sites for hydroxylation is 1. The highest BCUT2D eigenvalue weighted by Gasteiger charge is 2.06. The van der Waals surface area contributed by atoms with E-state index in [0.717, 1.165) is 21.4 Å². The van der Waals surface area contributed by atoms with E-state index in [9.17, 15) is 0 Å². The molecular weight excluding hydrogens is 312 g/mol. The monoisotopic (exact) mass is 320 g/mol. The Morgan fingerprint density at radius 1 is 1.22 bits per heavy atom. The first-order valence-corrected chi connectivity index (χ1v) is 6.50. The fourth-order valence-electron chi connectivity index (χ4n) is 1.61. The van der Waals surface area contributed by atoms with Gasteiger partial charge in [0, 0.05) is 9.50 Å². The van der Waals surface area contributed by atoms with E-state index in [4.69, 9.17) is 16.9 Å². The second-order valence-corrected chi connectivity index (χ2v) is 5.09. The van der Waals surface area contributed by atoms with E-state index in [2.05, 4.69) is 27.3 Å². The Hall–Kier alpha value is -1.50. The number of halogens is 2. The van der Waals surface area contributed by atoms with Crippen molar-refractivity contribution in [3.63, 3.8) is 0 Å². The third kappa shape index (κ3) is 2.66. The summed E-state index contributed by atoms with van der Waals surface area (Å²) in [5.41, 5.74) is 3.32. The maximum atomic E-state index is 9.08. The molecule has 1 N–H and O–H groups in total. The van der Waals surface area contributed by atoms with Gasteiger partial charge in [-0.3, -0.25) is 0 Å².